The fraction of sp³-hybridized carbons (Fsp3) is 0.636. The number of carboxylic acids is 1. The van der Waals surface area contributed by atoms with Gasteiger partial charge in [-0.15, -0.1) is 0 Å². The van der Waals surface area contributed by atoms with Gasteiger partial charge in [-0.25, -0.2) is 4.79 Å². The molecule has 16 heavy (non-hydrogen) atoms. The van der Waals surface area contributed by atoms with E-state index in [2.05, 4.69) is 0 Å². The Morgan fingerprint density at radius 3 is 2.44 bits per heavy atom. The van der Waals surface area contributed by atoms with Crippen molar-refractivity contribution in [2.45, 2.75) is 20.3 Å². The van der Waals surface area contributed by atoms with Gasteiger partial charge in [0.05, 0.1) is 0 Å². The second kappa shape index (κ2) is 5.12. The number of hydrogen-bond donors (Lipinski definition) is 2. The number of carbonyl (C=O) groups excluding carboxylic acids is 1. The molecular weight excluding hydrogens is 208 g/mol. The van der Waals surface area contributed by atoms with Crippen LogP contribution in [0.4, 0.5) is 0 Å². The predicted octanol–water partition coefficient (Wildman–Crippen LogP) is 0.215. The van der Waals surface area contributed by atoms with E-state index in [1.165, 1.54) is 6.92 Å². The summed E-state index contributed by atoms with van der Waals surface area (Å²) in [5.74, 6) is -0.877. The zero-order valence-electron chi connectivity index (χ0n) is 9.69. The number of carboxylic acid groups (broad SMARTS) is 1. The third kappa shape index (κ3) is 2.61. The molecule has 3 N–H and O–H groups in total. The van der Waals surface area contributed by atoms with Crippen molar-refractivity contribution in [3.63, 3.8) is 0 Å². The first-order valence-corrected chi connectivity index (χ1v) is 5.37. The molecule has 1 rings (SSSR count). The average Bonchev–Trinajstić information content (AvgIpc) is 2.74. The van der Waals surface area contributed by atoms with Crippen molar-refractivity contribution in [3.05, 3.63) is 11.1 Å². The van der Waals surface area contributed by atoms with Crippen LogP contribution in [0, 0.1) is 5.92 Å². The Bertz CT molecular complexity index is 336. The van der Waals surface area contributed by atoms with E-state index < -0.39 is 5.97 Å². The number of likely N-dealkylation sites (tertiary alicyclic amines) is 1. The molecule has 0 spiro atoms. The maximum atomic E-state index is 11.9. The largest absolute Gasteiger partial charge is 0.478 e. The molecule has 90 valence electrons. The van der Waals surface area contributed by atoms with Crippen LogP contribution in [0.1, 0.15) is 20.3 Å². The molecule has 1 saturated heterocycles. The van der Waals surface area contributed by atoms with Crippen LogP contribution in [0.2, 0.25) is 0 Å². The zero-order chi connectivity index (χ0) is 12.3. The number of nitrogens with zero attached hydrogens (tertiary/aromatic N) is 1. The number of rotatable bonds is 3. The maximum Gasteiger partial charge on any atom is 0.331 e. The standard InChI is InChI=1S/C11H18N2O3/c1-7(8(2)11(15)16)10(14)13-4-3-9(5-12)6-13/h9H,3-6,12H2,1-2H3,(H,15,16). The van der Waals surface area contributed by atoms with Gasteiger partial charge in [0.2, 0.25) is 5.91 Å². The fourth-order valence-electron chi connectivity index (χ4n) is 1.77. The summed E-state index contributed by atoms with van der Waals surface area (Å²) >= 11 is 0. The first-order chi connectivity index (χ1) is 7.47. The zero-order valence-corrected chi connectivity index (χ0v) is 9.69. The molecule has 1 amide bonds. The van der Waals surface area contributed by atoms with Gasteiger partial charge in [-0.1, -0.05) is 0 Å². The lowest BCUT2D eigenvalue weighted by atomic mass is 10.1. The Kier molecular flexibility index (Phi) is 4.06. The Morgan fingerprint density at radius 2 is 2.00 bits per heavy atom. The lowest BCUT2D eigenvalue weighted by Crippen LogP contribution is -2.31. The summed E-state index contributed by atoms with van der Waals surface area (Å²) in [6.07, 6.45) is 0.904. The molecule has 1 fully saturated rings. The quantitative estimate of drug-likeness (QED) is 0.674. The average molecular weight is 226 g/mol. The summed E-state index contributed by atoms with van der Waals surface area (Å²) in [5.41, 5.74) is 5.96. The summed E-state index contributed by atoms with van der Waals surface area (Å²) in [4.78, 5) is 24.3. The Hall–Kier alpha value is -1.36. The first-order valence-electron chi connectivity index (χ1n) is 5.37. The monoisotopic (exact) mass is 226 g/mol. The van der Waals surface area contributed by atoms with Crippen molar-refractivity contribution in [3.8, 4) is 0 Å². The van der Waals surface area contributed by atoms with E-state index in [1.54, 1.807) is 11.8 Å². The van der Waals surface area contributed by atoms with Crippen LogP contribution in [0.25, 0.3) is 0 Å². The summed E-state index contributed by atoms with van der Waals surface area (Å²) < 4.78 is 0. The lowest BCUT2D eigenvalue weighted by molar-refractivity contribution is -0.133. The molecule has 1 aliphatic heterocycles. The van der Waals surface area contributed by atoms with E-state index in [4.69, 9.17) is 10.8 Å². The number of hydrogen-bond acceptors (Lipinski definition) is 3. The fourth-order valence-corrected chi connectivity index (χ4v) is 1.77. The highest BCUT2D eigenvalue weighted by atomic mass is 16.4. The van der Waals surface area contributed by atoms with Crippen molar-refractivity contribution < 1.29 is 14.7 Å². The van der Waals surface area contributed by atoms with E-state index >= 15 is 0 Å². The molecule has 0 bridgehead atoms. The molecule has 0 aliphatic carbocycles. The van der Waals surface area contributed by atoms with Crippen LogP contribution >= 0.6 is 0 Å². The van der Waals surface area contributed by atoms with E-state index in [0.717, 1.165) is 6.42 Å². The van der Waals surface area contributed by atoms with Gasteiger partial charge in [-0.2, -0.15) is 0 Å². The van der Waals surface area contributed by atoms with Gasteiger partial charge in [-0.3, -0.25) is 4.79 Å². The van der Waals surface area contributed by atoms with E-state index in [-0.39, 0.29) is 11.5 Å². The Morgan fingerprint density at radius 1 is 1.38 bits per heavy atom. The second-order valence-electron chi connectivity index (χ2n) is 4.20. The summed E-state index contributed by atoms with van der Waals surface area (Å²) in [6, 6.07) is 0. The number of aliphatic carboxylic acids is 1. The van der Waals surface area contributed by atoms with Crippen molar-refractivity contribution in [2.24, 2.45) is 11.7 Å². The van der Waals surface area contributed by atoms with Gasteiger partial charge in [0.15, 0.2) is 0 Å². The third-order valence-electron chi connectivity index (χ3n) is 3.11. The molecule has 0 aromatic carbocycles. The van der Waals surface area contributed by atoms with Crippen molar-refractivity contribution in [1.82, 2.24) is 4.90 Å². The minimum atomic E-state index is -1.04. The minimum absolute atomic E-state index is 0.112. The molecule has 0 aromatic rings. The highest BCUT2D eigenvalue weighted by Crippen LogP contribution is 2.18. The number of carbonyl (C=O) groups is 2. The van der Waals surface area contributed by atoms with Crippen molar-refractivity contribution >= 4 is 11.9 Å². The third-order valence-corrected chi connectivity index (χ3v) is 3.11. The normalized spacial score (nSPS) is 21.9. The molecule has 5 nitrogen and oxygen atoms in total. The topological polar surface area (TPSA) is 83.6 Å². The molecule has 1 aliphatic rings. The molecule has 0 radical (unpaired) electrons. The minimum Gasteiger partial charge on any atom is -0.478 e. The van der Waals surface area contributed by atoms with Crippen molar-refractivity contribution in [2.75, 3.05) is 19.6 Å². The number of amides is 1. The van der Waals surface area contributed by atoms with Gasteiger partial charge >= 0.3 is 5.97 Å². The Labute approximate surface area is 94.9 Å². The summed E-state index contributed by atoms with van der Waals surface area (Å²) in [5, 5.41) is 8.79. The molecule has 1 heterocycles. The van der Waals surface area contributed by atoms with E-state index in [1.807, 2.05) is 0 Å². The lowest BCUT2D eigenvalue weighted by Gasteiger charge is -2.17. The highest BCUT2D eigenvalue weighted by Gasteiger charge is 2.27. The second-order valence-corrected chi connectivity index (χ2v) is 4.20. The Balaban J connectivity index is 2.73. The SMILES string of the molecule is CC(C(=O)O)=C(C)C(=O)N1CCC(CN)C1. The molecule has 1 atom stereocenters. The smallest absolute Gasteiger partial charge is 0.331 e. The van der Waals surface area contributed by atoms with Gasteiger partial charge in [-0.05, 0) is 32.7 Å². The predicted molar refractivity (Wildman–Crippen MR) is 59.8 cm³/mol. The molecule has 0 aromatic heterocycles. The first kappa shape index (κ1) is 12.7. The van der Waals surface area contributed by atoms with Crippen LogP contribution in [-0.4, -0.2) is 41.5 Å². The molecule has 0 saturated carbocycles. The van der Waals surface area contributed by atoms with Crippen LogP contribution in [0.3, 0.4) is 0 Å². The molecule has 5 heteroatoms. The summed E-state index contributed by atoms with van der Waals surface area (Å²) in [7, 11) is 0. The molecular formula is C11H18N2O3. The van der Waals surface area contributed by atoms with Gasteiger partial charge in [0.1, 0.15) is 0 Å². The van der Waals surface area contributed by atoms with E-state index in [0.29, 0.717) is 31.1 Å². The van der Waals surface area contributed by atoms with Crippen LogP contribution in [-0.2, 0) is 9.59 Å². The van der Waals surface area contributed by atoms with Crippen LogP contribution in [0.15, 0.2) is 11.1 Å². The number of nitrogens with two attached hydrogens (primary N) is 1. The van der Waals surface area contributed by atoms with Gasteiger partial charge in [0, 0.05) is 24.2 Å². The van der Waals surface area contributed by atoms with Crippen LogP contribution < -0.4 is 5.73 Å². The van der Waals surface area contributed by atoms with Crippen molar-refractivity contribution in [1.29, 1.82) is 0 Å². The highest BCUT2D eigenvalue weighted by molar-refractivity contribution is 6.01. The van der Waals surface area contributed by atoms with Gasteiger partial charge in [0.25, 0.3) is 0 Å². The van der Waals surface area contributed by atoms with E-state index in [9.17, 15) is 9.59 Å². The van der Waals surface area contributed by atoms with Gasteiger partial charge < -0.3 is 15.7 Å². The summed E-state index contributed by atoms with van der Waals surface area (Å²) in [6.45, 7) is 4.89. The van der Waals surface area contributed by atoms with Crippen LogP contribution in [0.5, 0.6) is 0 Å². The maximum absolute atomic E-state index is 11.9. The molecule has 1 unspecified atom stereocenters.